The highest BCUT2D eigenvalue weighted by Gasteiger charge is 2.33. The number of nitrogens with one attached hydrogen (secondary N) is 1. The lowest BCUT2D eigenvalue weighted by atomic mass is 10.1. The van der Waals surface area contributed by atoms with Crippen LogP contribution in [0.3, 0.4) is 0 Å². The quantitative estimate of drug-likeness (QED) is 0.926. The number of carbonyl (C=O) groups is 2. The standard InChI is InChI=1S/C13H13F3N2O2/c1-2-18(7-13(14,15)16)12(20)9-4-3-8-6-11(19)17-10(8)5-9/h3-5H,2,6-7H2,1H3,(H,17,19). The number of fused-ring (bicyclic) bond motifs is 1. The van der Waals surface area contributed by atoms with Crippen molar-refractivity contribution in [3.8, 4) is 0 Å². The fourth-order valence-corrected chi connectivity index (χ4v) is 2.07. The fourth-order valence-electron chi connectivity index (χ4n) is 2.07. The maximum Gasteiger partial charge on any atom is 0.406 e. The van der Waals surface area contributed by atoms with E-state index in [9.17, 15) is 22.8 Å². The summed E-state index contributed by atoms with van der Waals surface area (Å²) in [6, 6.07) is 4.45. The van der Waals surface area contributed by atoms with Crippen LogP contribution in [0.15, 0.2) is 18.2 Å². The van der Waals surface area contributed by atoms with Gasteiger partial charge in [-0.15, -0.1) is 0 Å². The Morgan fingerprint density at radius 2 is 2.10 bits per heavy atom. The number of benzene rings is 1. The van der Waals surface area contributed by atoms with Crippen molar-refractivity contribution >= 4 is 17.5 Å². The zero-order valence-corrected chi connectivity index (χ0v) is 10.8. The topological polar surface area (TPSA) is 49.4 Å². The molecule has 4 nitrogen and oxygen atoms in total. The molecule has 1 aliphatic heterocycles. The third-order valence-corrected chi connectivity index (χ3v) is 3.02. The van der Waals surface area contributed by atoms with Crippen molar-refractivity contribution in [1.29, 1.82) is 0 Å². The number of hydrogen-bond donors (Lipinski definition) is 1. The third-order valence-electron chi connectivity index (χ3n) is 3.02. The van der Waals surface area contributed by atoms with E-state index in [2.05, 4.69) is 5.32 Å². The Morgan fingerprint density at radius 3 is 2.70 bits per heavy atom. The van der Waals surface area contributed by atoms with Crippen LogP contribution in [0.25, 0.3) is 0 Å². The zero-order valence-electron chi connectivity index (χ0n) is 10.8. The van der Waals surface area contributed by atoms with Crippen LogP contribution >= 0.6 is 0 Å². The number of rotatable bonds is 3. The lowest BCUT2D eigenvalue weighted by Crippen LogP contribution is -2.38. The van der Waals surface area contributed by atoms with E-state index in [4.69, 9.17) is 0 Å². The number of alkyl halides is 3. The number of carbonyl (C=O) groups excluding carboxylic acids is 2. The summed E-state index contributed by atoms with van der Waals surface area (Å²) in [5, 5.41) is 2.57. The molecule has 0 saturated heterocycles. The first kappa shape index (κ1) is 14.4. The SMILES string of the molecule is CCN(CC(F)(F)F)C(=O)c1ccc2c(c1)NC(=O)C2. The van der Waals surface area contributed by atoms with Gasteiger partial charge in [-0.05, 0) is 24.6 Å². The van der Waals surface area contributed by atoms with E-state index in [0.29, 0.717) is 5.69 Å². The normalized spacial score (nSPS) is 13.9. The molecule has 2 rings (SSSR count). The van der Waals surface area contributed by atoms with Crippen LogP contribution in [0, 0.1) is 0 Å². The van der Waals surface area contributed by atoms with Crippen LogP contribution in [-0.4, -0.2) is 36.0 Å². The van der Waals surface area contributed by atoms with E-state index in [1.54, 1.807) is 6.07 Å². The molecule has 20 heavy (non-hydrogen) atoms. The average Bonchev–Trinajstić information content (AvgIpc) is 2.72. The summed E-state index contributed by atoms with van der Waals surface area (Å²) in [5.74, 6) is -0.888. The van der Waals surface area contributed by atoms with Gasteiger partial charge in [0.05, 0.1) is 6.42 Å². The van der Waals surface area contributed by atoms with Crippen LogP contribution in [-0.2, 0) is 11.2 Å². The molecule has 0 spiro atoms. The minimum absolute atomic E-state index is 0.0399. The number of anilines is 1. The van der Waals surface area contributed by atoms with E-state index in [1.807, 2.05) is 0 Å². The predicted molar refractivity (Wildman–Crippen MR) is 66.4 cm³/mol. The van der Waals surface area contributed by atoms with Crippen LogP contribution in [0.2, 0.25) is 0 Å². The molecule has 0 saturated carbocycles. The molecular weight excluding hydrogens is 273 g/mol. The molecule has 0 fully saturated rings. The summed E-state index contributed by atoms with van der Waals surface area (Å²) in [7, 11) is 0. The van der Waals surface area contributed by atoms with Crippen molar-refractivity contribution in [2.24, 2.45) is 0 Å². The highest BCUT2D eigenvalue weighted by Crippen LogP contribution is 2.25. The smallest absolute Gasteiger partial charge is 0.330 e. The van der Waals surface area contributed by atoms with E-state index in [1.165, 1.54) is 19.1 Å². The zero-order chi connectivity index (χ0) is 14.9. The number of hydrogen-bond acceptors (Lipinski definition) is 2. The van der Waals surface area contributed by atoms with Gasteiger partial charge in [0.25, 0.3) is 5.91 Å². The molecule has 0 aromatic heterocycles. The fraction of sp³-hybridized carbons (Fsp3) is 0.385. The molecule has 2 amide bonds. The van der Waals surface area contributed by atoms with E-state index in [-0.39, 0.29) is 24.4 Å². The summed E-state index contributed by atoms with van der Waals surface area (Å²) >= 11 is 0. The van der Waals surface area contributed by atoms with Gasteiger partial charge >= 0.3 is 6.18 Å². The summed E-state index contributed by atoms with van der Waals surface area (Å²) in [6.07, 6.45) is -4.21. The van der Waals surface area contributed by atoms with Gasteiger partial charge in [0.1, 0.15) is 6.54 Å². The first-order chi connectivity index (χ1) is 9.30. The molecule has 1 aliphatic rings. The Morgan fingerprint density at radius 1 is 1.40 bits per heavy atom. The maximum absolute atomic E-state index is 12.4. The molecule has 108 valence electrons. The lowest BCUT2D eigenvalue weighted by molar-refractivity contribution is -0.140. The summed E-state index contributed by atoms with van der Waals surface area (Å²) in [6.45, 7) is 0.159. The van der Waals surface area contributed by atoms with E-state index in [0.717, 1.165) is 10.5 Å². The van der Waals surface area contributed by atoms with Crippen molar-refractivity contribution in [1.82, 2.24) is 4.90 Å². The predicted octanol–water partition coefficient (Wildman–Crippen LogP) is 2.21. The van der Waals surface area contributed by atoms with Crippen LogP contribution in [0.1, 0.15) is 22.8 Å². The summed E-state index contributed by atoms with van der Waals surface area (Å²) in [5.41, 5.74) is 1.37. The Kier molecular flexibility index (Phi) is 3.69. The Hall–Kier alpha value is -2.05. The number of halogens is 3. The largest absolute Gasteiger partial charge is 0.406 e. The van der Waals surface area contributed by atoms with Gasteiger partial charge in [-0.25, -0.2) is 0 Å². The van der Waals surface area contributed by atoms with Gasteiger partial charge < -0.3 is 10.2 Å². The Balaban J connectivity index is 2.21. The molecule has 0 atom stereocenters. The summed E-state index contributed by atoms with van der Waals surface area (Å²) in [4.78, 5) is 24.0. The number of amides is 2. The van der Waals surface area contributed by atoms with E-state index < -0.39 is 18.6 Å². The molecule has 0 unspecified atom stereocenters. The van der Waals surface area contributed by atoms with Gasteiger partial charge in [-0.3, -0.25) is 9.59 Å². The second-order valence-electron chi connectivity index (χ2n) is 4.53. The molecular formula is C13H13F3N2O2. The first-order valence-corrected chi connectivity index (χ1v) is 6.09. The van der Waals surface area contributed by atoms with Crippen molar-refractivity contribution in [3.63, 3.8) is 0 Å². The molecule has 1 aromatic carbocycles. The highest BCUT2D eigenvalue weighted by atomic mass is 19.4. The van der Waals surface area contributed by atoms with Crippen molar-refractivity contribution in [2.45, 2.75) is 19.5 Å². The van der Waals surface area contributed by atoms with Gasteiger partial charge in [-0.1, -0.05) is 6.07 Å². The van der Waals surface area contributed by atoms with Gasteiger partial charge in [0.2, 0.25) is 5.91 Å². The average molecular weight is 286 g/mol. The molecule has 1 N–H and O–H groups in total. The number of nitrogens with zero attached hydrogens (tertiary/aromatic N) is 1. The van der Waals surface area contributed by atoms with Crippen LogP contribution in [0.5, 0.6) is 0 Å². The molecule has 0 radical (unpaired) electrons. The first-order valence-electron chi connectivity index (χ1n) is 6.09. The van der Waals surface area contributed by atoms with Crippen LogP contribution in [0.4, 0.5) is 18.9 Å². The second kappa shape index (κ2) is 5.15. The minimum Gasteiger partial charge on any atom is -0.330 e. The molecule has 7 heteroatoms. The van der Waals surface area contributed by atoms with Gasteiger partial charge in [-0.2, -0.15) is 13.2 Å². The maximum atomic E-state index is 12.4. The third kappa shape index (κ3) is 3.09. The lowest BCUT2D eigenvalue weighted by Gasteiger charge is -2.22. The van der Waals surface area contributed by atoms with Crippen LogP contribution < -0.4 is 5.32 Å². The van der Waals surface area contributed by atoms with Crippen molar-refractivity contribution in [2.75, 3.05) is 18.4 Å². The molecule has 1 aromatic rings. The van der Waals surface area contributed by atoms with E-state index >= 15 is 0 Å². The molecule has 1 heterocycles. The summed E-state index contributed by atoms with van der Waals surface area (Å²) < 4.78 is 37.2. The Labute approximate surface area is 113 Å². The van der Waals surface area contributed by atoms with Crippen molar-refractivity contribution in [3.05, 3.63) is 29.3 Å². The second-order valence-corrected chi connectivity index (χ2v) is 4.53. The Bertz CT molecular complexity index is 555. The van der Waals surface area contributed by atoms with Gasteiger partial charge in [0.15, 0.2) is 0 Å². The minimum atomic E-state index is -4.43. The van der Waals surface area contributed by atoms with Gasteiger partial charge in [0, 0.05) is 17.8 Å². The monoisotopic (exact) mass is 286 g/mol. The highest BCUT2D eigenvalue weighted by molar-refractivity contribution is 6.02. The molecule has 0 aliphatic carbocycles. The van der Waals surface area contributed by atoms with Crippen molar-refractivity contribution < 1.29 is 22.8 Å². The molecule has 0 bridgehead atoms.